The second kappa shape index (κ2) is 3.66. The highest BCUT2D eigenvalue weighted by molar-refractivity contribution is 5.52. The van der Waals surface area contributed by atoms with Crippen molar-refractivity contribution in [2.45, 2.75) is 19.4 Å². The van der Waals surface area contributed by atoms with E-state index in [9.17, 15) is 0 Å². The molecule has 0 bridgehead atoms. The molecular weight excluding hydrogens is 164 g/mol. The van der Waals surface area contributed by atoms with E-state index in [0.29, 0.717) is 18.0 Å². The van der Waals surface area contributed by atoms with Crippen LogP contribution >= 0.6 is 0 Å². The summed E-state index contributed by atoms with van der Waals surface area (Å²) in [6, 6.07) is 7.41. The van der Waals surface area contributed by atoms with Gasteiger partial charge in [0, 0.05) is 6.54 Å². The molecule has 0 radical (unpaired) electrons. The van der Waals surface area contributed by atoms with Crippen LogP contribution in [0.5, 0.6) is 5.75 Å². The Balaban J connectivity index is 2.80. The molecule has 3 heteroatoms. The summed E-state index contributed by atoms with van der Waals surface area (Å²) in [6.07, 6.45) is 0. The monoisotopic (exact) mass is 180 g/mol. The first-order valence-electron chi connectivity index (χ1n) is 4.29. The fourth-order valence-electron chi connectivity index (χ4n) is 0.913. The van der Waals surface area contributed by atoms with E-state index in [2.05, 4.69) is 0 Å². The van der Waals surface area contributed by atoms with Gasteiger partial charge in [-0.2, -0.15) is 0 Å². The zero-order chi connectivity index (χ0) is 9.90. The summed E-state index contributed by atoms with van der Waals surface area (Å²) in [5.74, 6) is 0.693. The minimum atomic E-state index is -0.366. The van der Waals surface area contributed by atoms with Crippen molar-refractivity contribution < 1.29 is 4.74 Å². The van der Waals surface area contributed by atoms with Crippen LogP contribution in [0.2, 0.25) is 0 Å². The first-order valence-corrected chi connectivity index (χ1v) is 4.29. The van der Waals surface area contributed by atoms with Crippen LogP contribution in [0.1, 0.15) is 13.8 Å². The van der Waals surface area contributed by atoms with Crippen molar-refractivity contribution in [3.63, 3.8) is 0 Å². The lowest BCUT2D eigenvalue weighted by molar-refractivity contribution is 0.120. The van der Waals surface area contributed by atoms with Gasteiger partial charge in [-0.15, -0.1) is 0 Å². The summed E-state index contributed by atoms with van der Waals surface area (Å²) in [6.45, 7) is 4.32. The van der Waals surface area contributed by atoms with Crippen LogP contribution in [0.4, 0.5) is 5.69 Å². The largest absolute Gasteiger partial charge is 0.484 e. The zero-order valence-electron chi connectivity index (χ0n) is 8.08. The zero-order valence-corrected chi connectivity index (χ0v) is 8.08. The normalized spacial score (nSPS) is 11.3. The molecule has 0 atom stereocenters. The Hall–Kier alpha value is -1.22. The van der Waals surface area contributed by atoms with Crippen LogP contribution in [0.15, 0.2) is 24.3 Å². The molecule has 0 fully saturated rings. The summed E-state index contributed by atoms with van der Waals surface area (Å²) >= 11 is 0. The van der Waals surface area contributed by atoms with E-state index in [1.54, 1.807) is 0 Å². The van der Waals surface area contributed by atoms with Crippen LogP contribution in [-0.4, -0.2) is 12.1 Å². The smallest absolute Gasteiger partial charge is 0.143 e. The molecule has 0 spiro atoms. The molecule has 0 aliphatic rings. The lowest BCUT2D eigenvalue weighted by Gasteiger charge is -2.25. The van der Waals surface area contributed by atoms with Gasteiger partial charge in [-0.05, 0) is 26.0 Å². The predicted octanol–water partition coefficient (Wildman–Crippen LogP) is 1.38. The van der Waals surface area contributed by atoms with Crippen molar-refractivity contribution >= 4 is 5.69 Å². The van der Waals surface area contributed by atoms with Gasteiger partial charge in [0.15, 0.2) is 0 Å². The van der Waals surface area contributed by atoms with E-state index in [0.717, 1.165) is 0 Å². The maximum atomic E-state index is 5.72. The van der Waals surface area contributed by atoms with Gasteiger partial charge in [0.2, 0.25) is 0 Å². The number of benzene rings is 1. The van der Waals surface area contributed by atoms with Crippen molar-refractivity contribution in [2.24, 2.45) is 5.73 Å². The Bertz CT molecular complexity index is 284. The topological polar surface area (TPSA) is 61.3 Å². The molecule has 1 aromatic rings. The highest BCUT2D eigenvalue weighted by Crippen LogP contribution is 2.24. The van der Waals surface area contributed by atoms with Crippen LogP contribution < -0.4 is 16.2 Å². The summed E-state index contributed by atoms with van der Waals surface area (Å²) in [7, 11) is 0. The van der Waals surface area contributed by atoms with E-state index < -0.39 is 0 Å². The molecule has 0 aliphatic heterocycles. The minimum absolute atomic E-state index is 0.366. The Morgan fingerprint density at radius 2 is 1.92 bits per heavy atom. The molecule has 72 valence electrons. The van der Waals surface area contributed by atoms with E-state index in [1.165, 1.54) is 0 Å². The highest BCUT2D eigenvalue weighted by atomic mass is 16.5. The second-order valence-electron chi connectivity index (χ2n) is 3.60. The fourth-order valence-corrected chi connectivity index (χ4v) is 0.913. The van der Waals surface area contributed by atoms with E-state index >= 15 is 0 Å². The molecule has 1 aromatic carbocycles. The third-order valence-electron chi connectivity index (χ3n) is 1.80. The Labute approximate surface area is 78.7 Å². The standard InChI is InChI=1S/C10H16N2O/c1-10(2,7-11)13-9-6-4-3-5-8(9)12/h3-6H,7,11-12H2,1-2H3. The van der Waals surface area contributed by atoms with Gasteiger partial charge in [0.1, 0.15) is 11.4 Å². The van der Waals surface area contributed by atoms with Crippen LogP contribution in [0.25, 0.3) is 0 Å². The third kappa shape index (κ3) is 2.63. The van der Waals surface area contributed by atoms with E-state index in [1.807, 2.05) is 38.1 Å². The molecule has 4 N–H and O–H groups in total. The molecule has 3 nitrogen and oxygen atoms in total. The molecule has 13 heavy (non-hydrogen) atoms. The Morgan fingerprint density at radius 1 is 1.31 bits per heavy atom. The quantitative estimate of drug-likeness (QED) is 0.691. The van der Waals surface area contributed by atoms with Crippen LogP contribution in [0, 0.1) is 0 Å². The second-order valence-corrected chi connectivity index (χ2v) is 3.60. The van der Waals surface area contributed by atoms with Gasteiger partial charge in [0.25, 0.3) is 0 Å². The van der Waals surface area contributed by atoms with Gasteiger partial charge < -0.3 is 16.2 Å². The number of anilines is 1. The molecule has 0 amide bonds. The van der Waals surface area contributed by atoms with E-state index in [4.69, 9.17) is 16.2 Å². The number of para-hydroxylation sites is 2. The molecule has 0 heterocycles. The Morgan fingerprint density at radius 3 is 2.46 bits per heavy atom. The molecule has 0 saturated heterocycles. The fraction of sp³-hybridized carbons (Fsp3) is 0.400. The number of rotatable bonds is 3. The molecule has 0 aromatic heterocycles. The van der Waals surface area contributed by atoms with Crippen LogP contribution in [-0.2, 0) is 0 Å². The lowest BCUT2D eigenvalue weighted by atomic mass is 10.1. The number of nitrogens with two attached hydrogens (primary N) is 2. The van der Waals surface area contributed by atoms with Crippen molar-refractivity contribution in [2.75, 3.05) is 12.3 Å². The first kappa shape index (κ1) is 9.86. The maximum absolute atomic E-state index is 5.72. The van der Waals surface area contributed by atoms with Gasteiger partial charge in [-0.3, -0.25) is 0 Å². The van der Waals surface area contributed by atoms with E-state index in [-0.39, 0.29) is 5.60 Å². The van der Waals surface area contributed by atoms with Gasteiger partial charge >= 0.3 is 0 Å². The van der Waals surface area contributed by atoms with Gasteiger partial charge in [0.05, 0.1) is 5.69 Å². The number of ether oxygens (including phenoxy) is 1. The Kier molecular flexibility index (Phi) is 2.78. The SMILES string of the molecule is CC(C)(CN)Oc1ccccc1N. The van der Waals surface area contributed by atoms with Crippen molar-refractivity contribution in [1.29, 1.82) is 0 Å². The summed E-state index contributed by atoms with van der Waals surface area (Å²) in [5.41, 5.74) is 11.5. The van der Waals surface area contributed by atoms with Gasteiger partial charge in [-0.25, -0.2) is 0 Å². The maximum Gasteiger partial charge on any atom is 0.143 e. The minimum Gasteiger partial charge on any atom is -0.484 e. The summed E-state index contributed by atoms with van der Waals surface area (Å²) in [5, 5.41) is 0. The highest BCUT2D eigenvalue weighted by Gasteiger charge is 2.17. The molecule has 0 unspecified atom stereocenters. The summed E-state index contributed by atoms with van der Waals surface area (Å²) < 4.78 is 5.63. The van der Waals surface area contributed by atoms with Crippen molar-refractivity contribution in [3.05, 3.63) is 24.3 Å². The summed E-state index contributed by atoms with van der Waals surface area (Å²) in [4.78, 5) is 0. The van der Waals surface area contributed by atoms with Crippen LogP contribution in [0.3, 0.4) is 0 Å². The lowest BCUT2D eigenvalue weighted by Crippen LogP contribution is -2.37. The molecule has 1 rings (SSSR count). The average Bonchev–Trinajstić information content (AvgIpc) is 2.09. The number of nitrogen functional groups attached to an aromatic ring is 1. The molecular formula is C10H16N2O. The van der Waals surface area contributed by atoms with Crippen molar-refractivity contribution in [3.8, 4) is 5.75 Å². The van der Waals surface area contributed by atoms with Gasteiger partial charge in [-0.1, -0.05) is 12.1 Å². The molecule has 0 saturated carbocycles. The first-order chi connectivity index (χ1) is 6.05. The number of hydrogen-bond donors (Lipinski definition) is 2. The number of hydrogen-bond acceptors (Lipinski definition) is 3. The van der Waals surface area contributed by atoms with Crippen molar-refractivity contribution in [1.82, 2.24) is 0 Å². The average molecular weight is 180 g/mol. The third-order valence-corrected chi connectivity index (χ3v) is 1.80. The molecule has 0 aliphatic carbocycles. The predicted molar refractivity (Wildman–Crippen MR) is 54.6 cm³/mol.